The quantitative estimate of drug-likeness (QED) is 0.653. The molecule has 0 aromatic heterocycles. The number of likely N-dealkylation sites (tertiary alicyclic amines) is 2. The van der Waals surface area contributed by atoms with E-state index in [4.69, 9.17) is 0 Å². The Bertz CT molecular complexity index is 873. The van der Waals surface area contributed by atoms with Crippen LogP contribution in [0.1, 0.15) is 50.2 Å². The van der Waals surface area contributed by atoms with Crippen LogP contribution >= 0.6 is 0 Å². The predicted molar refractivity (Wildman–Crippen MR) is 120 cm³/mol. The monoisotopic (exact) mass is 424 g/mol. The van der Waals surface area contributed by atoms with E-state index in [1.165, 1.54) is 29.8 Å². The minimum atomic E-state index is -0.270. The molecule has 31 heavy (non-hydrogen) atoms. The van der Waals surface area contributed by atoms with E-state index in [0.717, 1.165) is 75.0 Å². The fourth-order valence-corrected chi connectivity index (χ4v) is 4.90. The molecular weight excluding hydrogens is 394 g/mol. The highest BCUT2D eigenvalue weighted by Crippen LogP contribution is 2.33. The zero-order valence-corrected chi connectivity index (χ0v) is 18.1. The summed E-state index contributed by atoms with van der Waals surface area (Å²) in [5.74, 6) is -0.272. The van der Waals surface area contributed by atoms with Crippen LogP contribution in [0.3, 0.4) is 0 Å². The molecule has 2 aliphatic rings. The van der Waals surface area contributed by atoms with Gasteiger partial charge in [-0.25, -0.2) is 8.78 Å². The maximum atomic E-state index is 13.5. The molecule has 2 aliphatic heterocycles. The van der Waals surface area contributed by atoms with Gasteiger partial charge in [-0.15, -0.1) is 0 Å². The highest BCUT2D eigenvalue weighted by Gasteiger charge is 2.31. The smallest absolute Gasteiger partial charge is 0.239 e. The Balaban J connectivity index is 1.58. The standard InChI is InChI=1S/C26H30F2N2O/c1-2-24(26(31)30-15-3-4-16-30)29-17-13-21(14-18-29)25(19-5-9-22(27)10-6-19)20-7-11-23(28)12-8-20/h5-12,24H,2-4,13-18H2,1H3. The van der Waals surface area contributed by atoms with Gasteiger partial charge in [0, 0.05) is 26.2 Å². The molecule has 4 rings (SSSR count). The summed E-state index contributed by atoms with van der Waals surface area (Å²) >= 11 is 0. The van der Waals surface area contributed by atoms with Crippen LogP contribution in [0.5, 0.6) is 0 Å². The number of nitrogens with zero attached hydrogens (tertiary/aromatic N) is 2. The Morgan fingerprint density at radius 3 is 1.77 bits per heavy atom. The minimum Gasteiger partial charge on any atom is -0.341 e. The Kier molecular flexibility index (Phi) is 6.81. The molecule has 5 heteroatoms. The molecule has 3 nitrogen and oxygen atoms in total. The van der Waals surface area contributed by atoms with Crippen molar-refractivity contribution in [2.45, 2.75) is 45.1 Å². The van der Waals surface area contributed by atoms with Gasteiger partial charge < -0.3 is 4.90 Å². The predicted octanol–water partition coefficient (Wildman–Crippen LogP) is 5.26. The lowest BCUT2D eigenvalue weighted by Gasteiger charge is -2.36. The first kappa shape index (κ1) is 21.7. The van der Waals surface area contributed by atoms with E-state index < -0.39 is 0 Å². The summed E-state index contributed by atoms with van der Waals surface area (Å²) in [7, 11) is 0. The Hall–Kier alpha value is -2.53. The molecule has 1 unspecified atom stereocenters. The van der Waals surface area contributed by atoms with Crippen LogP contribution in [0, 0.1) is 11.6 Å². The molecule has 2 heterocycles. The highest BCUT2D eigenvalue weighted by molar-refractivity contribution is 5.83. The fourth-order valence-electron chi connectivity index (χ4n) is 4.90. The SMILES string of the molecule is CCC(C(=O)N1CCCC1)N1CCC(=C(c2ccc(F)cc2)c2ccc(F)cc2)CC1. The lowest BCUT2D eigenvalue weighted by molar-refractivity contribution is -0.136. The normalized spacial score (nSPS) is 18.3. The molecule has 2 aromatic carbocycles. The van der Waals surface area contributed by atoms with Gasteiger partial charge in [-0.1, -0.05) is 36.8 Å². The first-order valence-electron chi connectivity index (χ1n) is 11.3. The second-order valence-electron chi connectivity index (χ2n) is 8.48. The van der Waals surface area contributed by atoms with Crippen LogP contribution in [0.15, 0.2) is 54.1 Å². The van der Waals surface area contributed by atoms with Crippen molar-refractivity contribution in [3.63, 3.8) is 0 Å². The lowest BCUT2D eigenvalue weighted by Crippen LogP contribution is -2.49. The van der Waals surface area contributed by atoms with Crippen molar-refractivity contribution in [3.8, 4) is 0 Å². The van der Waals surface area contributed by atoms with Crippen molar-refractivity contribution in [2.75, 3.05) is 26.2 Å². The third-order valence-electron chi connectivity index (χ3n) is 6.55. The number of hydrogen-bond acceptors (Lipinski definition) is 2. The zero-order valence-electron chi connectivity index (χ0n) is 18.1. The molecule has 0 aliphatic carbocycles. The number of rotatable bonds is 5. The van der Waals surface area contributed by atoms with E-state index in [1.807, 2.05) is 4.90 Å². The number of carbonyl (C=O) groups excluding carboxylic acids is 1. The van der Waals surface area contributed by atoms with Crippen molar-refractivity contribution < 1.29 is 13.6 Å². The molecule has 2 fully saturated rings. The Labute approximate surface area is 183 Å². The van der Waals surface area contributed by atoms with E-state index in [1.54, 1.807) is 24.3 Å². The van der Waals surface area contributed by atoms with E-state index in [9.17, 15) is 13.6 Å². The highest BCUT2D eigenvalue weighted by atomic mass is 19.1. The molecule has 1 amide bonds. The molecule has 0 spiro atoms. The molecular formula is C26H30F2N2O. The summed E-state index contributed by atoms with van der Waals surface area (Å²) in [6, 6.07) is 13.0. The fraction of sp³-hybridized carbons (Fsp3) is 0.423. The van der Waals surface area contributed by atoms with Crippen LogP contribution < -0.4 is 0 Å². The molecule has 1 atom stereocenters. The summed E-state index contributed by atoms with van der Waals surface area (Å²) < 4.78 is 27.0. The van der Waals surface area contributed by atoms with E-state index in [2.05, 4.69) is 11.8 Å². The maximum Gasteiger partial charge on any atom is 0.239 e. The Morgan fingerprint density at radius 2 is 1.32 bits per heavy atom. The van der Waals surface area contributed by atoms with E-state index >= 15 is 0 Å². The summed E-state index contributed by atoms with van der Waals surface area (Å²) in [5, 5.41) is 0. The van der Waals surface area contributed by atoms with Crippen molar-refractivity contribution in [3.05, 3.63) is 76.9 Å². The van der Waals surface area contributed by atoms with Crippen molar-refractivity contribution in [1.29, 1.82) is 0 Å². The van der Waals surface area contributed by atoms with Crippen molar-refractivity contribution in [2.24, 2.45) is 0 Å². The first-order valence-corrected chi connectivity index (χ1v) is 11.3. The minimum absolute atomic E-state index is 0.0558. The summed E-state index contributed by atoms with van der Waals surface area (Å²) in [4.78, 5) is 17.3. The number of benzene rings is 2. The average molecular weight is 425 g/mol. The van der Waals surface area contributed by atoms with Crippen molar-refractivity contribution >= 4 is 11.5 Å². The summed E-state index contributed by atoms with van der Waals surface area (Å²) in [5.41, 5.74) is 4.21. The number of piperidine rings is 1. The molecule has 0 N–H and O–H groups in total. The summed E-state index contributed by atoms with van der Waals surface area (Å²) in [6.45, 7) is 5.49. The molecule has 164 valence electrons. The van der Waals surface area contributed by atoms with Crippen LogP contribution in [0.4, 0.5) is 8.78 Å². The molecule has 0 radical (unpaired) electrons. The first-order chi connectivity index (χ1) is 15.1. The number of halogens is 2. The van der Waals surface area contributed by atoms with Gasteiger partial charge in [-0.3, -0.25) is 9.69 Å². The van der Waals surface area contributed by atoms with E-state index in [-0.39, 0.29) is 23.6 Å². The largest absolute Gasteiger partial charge is 0.341 e. The topological polar surface area (TPSA) is 23.6 Å². The second kappa shape index (κ2) is 9.73. The van der Waals surface area contributed by atoms with Gasteiger partial charge in [0.15, 0.2) is 0 Å². The molecule has 0 saturated carbocycles. The van der Waals surface area contributed by atoms with Gasteiger partial charge in [-0.2, -0.15) is 0 Å². The third kappa shape index (κ3) is 4.87. The maximum absolute atomic E-state index is 13.5. The van der Waals surface area contributed by atoms with Crippen LogP contribution in [-0.2, 0) is 4.79 Å². The molecule has 0 bridgehead atoms. The molecule has 2 saturated heterocycles. The second-order valence-corrected chi connectivity index (χ2v) is 8.48. The Morgan fingerprint density at radius 1 is 0.839 bits per heavy atom. The van der Waals surface area contributed by atoms with Crippen LogP contribution in [0.25, 0.3) is 5.57 Å². The number of carbonyl (C=O) groups is 1. The van der Waals surface area contributed by atoms with Gasteiger partial charge >= 0.3 is 0 Å². The number of amides is 1. The number of hydrogen-bond donors (Lipinski definition) is 0. The van der Waals surface area contributed by atoms with Crippen molar-refractivity contribution in [1.82, 2.24) is 9.80 Å². The summed E-state index contributed by atoms with van der Waals surface area (Å²) in [6.07, 6.45) is 4.71. The van der Waals surface area contributed by atoms with Gasteiger partial charge in [-0.05, 0) is 73.1 Å². The van der Waals surface area contributed by atoms with E-state index in [0.29, 0.717) is 0 Å². The third-order valence-corrected chi connectivity index (χ3v) is 6.55. The van der Waals surface area contributed by atoms with Gasteiger partial charge in [0.1, 0.15) is 11.6 Å². The zero-order chi connectivity index (χ0) is 21.8. The molecule has 2 aromatic rings. The van der Waals surface area contributed by atoms with Crippen LogP contribution in [-0.4, -0.2) is 47.9 Å². The lowest BCUT2D eigenvalue weighted by atomic mass is 9.88. The van der Waals surface area contributed by atoms with Gasteiger partial charge in [0.2, 0.25) is 5.91 Å². The average Bonchev–Trinajstić information content (AvgIpc) is 3.33. The van der Waals surface area contributed by atoms with Crippen LogP contribution in [0.2, 0.25) is 0 Å². The van der Waals surface area contributed by atoms with Gasteiger partial charge in [0.25, 0.3) is 0 Å². The van der Waals surface area contributed by atoms with Gasteiger partial charge in [0.05, 0.1) is 6.04 Å².